The van der Waals surface area contributed by atoms with Crippen molar-refractivity contribution in [2.24, 2.45) is 5.73 Å². The Morgan fingerprint density at radius 3 is 2.90 bits per heavy atom. The zero-order valence-electron chi connectivity index (χ0n) is 11.9. The van der Waals surface area contributed by atoms with Crippen LogP contribution in [-0.4, -0.2) is 45.6 Å². The summed E-state index contributed by atoms with van der Waals surface area (Å²) in [5.41, 5.74) is 6.87. The average molecular weight is 282 g/mol. The maximum Gasteiger partial charge on any atom is 0.245 e. The third kappa shape index (κ3) is 7.08. The number of hydrogen-bond donors (Lipinski definition) is 2. The second-order valence-corrected chi connectivity index (χ2v) is 4.26. The van der Waals surface area contributed by atoms with Gasteiger partial charge in [-0.3, -0.25) is 4.79 Å². The van der Waals surface area contributed by atoms with Gasteiger partial charge in [0.15, 0.2) is 0 Å². The number of carbonyl (C=O) groups is 1. The highest BCUT2D eigenvalue weighted by molar-refractivity contribution is 5.76. The lowest BCUT2D eigenvalue weighted by Gasteiger charge is -2.14. The van der Waals surface area contributed by atoms with Crippen molar-refractivity contribution < 1.29 is 19.0 Å². The summed E-state index contributed by atoms with van der Waals surface area (Å²) in [5.74, 6) is 0.594. The first-order chi connectivity index (χ1) is 9.61. The van der Waals surface area contributed by atoms with Crippen molar-refractivity contribution in [2.45, 2.75) is 13.2 Å². The Morgan fingerprint density at radius 1 is 1.40 bits per heavy atom. The smallest absolute Gasteiger partial charge is 0.245 e. The quantitative estimate of drug-likeness (QED) is 0.507. The molecule has 0 spiro atoms. The van der Waals surface area contributed by atoms with Gasteiger partial charge in [0.2, 0.25) is 5.91 Å². The number of ether oxygens (including phenoxy) is 3. The van der Waals surface area contributed by atoms with Crippen LogP contribution in [-0.2, 0) is 14.3 Å². The monoisotopic (exact) mass is 282 g/mol. The van der Waals surface area contributed by atoms with Gasteiger partial charge in [-0.05, 0) is 24.6 Å². The van der Waals surface area contributed by atoms with E-state index in [1.165, 1.54) is 0 Å². The molecule has 0 heterocycles. The molecule has 0 fully saturated rings. The third-order valence-corrected chi connectivity index (χ3v) is 2.48. The largest absolute Gasteiger partial charge is 0.489 e. The van der Waals surface area contributed by atoms with Gasteiger partial charge in [-0.25, -0.2) is 0 Å². The van der Waals surface area contributed by atoms with E-state index in [2.05, 4.69) is 5.32 Å². The van der Waals surface area contributed by atoms with E-state index in [0.717, 1.165) is 11.3 Å². The van der Waals surface area contributed by atoms with Crippen LogP contribution < -0.4 is 15.8 Å². The summed E-state index contributed by atoms with van der Waals surface area (Å²) in [7, 11) is 1.56. The fourth-order valence-corrected chi connectivity index (χ4v) is 1.43. The lowest BCUT2D eigenvalue weighted by atomic mass is 10.2. The van der Waals surface area contributed by atoms with Crippen molar-refractivity contribution in [1.29, 1.82) is 0 Å². The Morgan fingerprint density at radius 2 is 2.20 bits per heavy atom. The minimum Gasteiger partial charge on any atom is -0.489 e. The van der Waals surface area contributed by atoms with E-state index in [-0.39, 0.29) is 19.1 Å². The molecular formula is C14H22N2O4. The number of aryl methyl sites for hydroxylation is 1. The lowest BCUT2D eigenvalue weighted by Crippen LogP contribution is -2.32. The molecule has 1 rings (SSSR count). The molecule has 1 amide bonds. The standard InChI is InChI=1S/C14H22N2O4/c1-11-4-3-5-12(8-11)20-9-13(15)19-7-6-18-10-14(17)16-2/h3-5,8,13H,6-7,9-10,15H2,1-2H3,(H,16,17). The molecule has 6 nitrogen and oxygen atoms in total. The van der Waals surface area contributed by atoms with Crippen LogP contribution in [0.5, 0.6) is 5.75 Å². The number of hydrogen-bond acceptors (Lipinski definition) is 5. The molecule has 6 heteroatoms. The Balaban J connectivity index is 2.08. The zero-order valence-corrected chi connectivity index (χ0v) is 11.9. The number of carbonyl (C=O) groups excluding carboxylic acids is 1. The molecule has 20 heavy (non-hydrogen) atoms. The molecule has 0 bridgehead atoms. The molecule has 1 atom stereocenters. The second-order valence-electron chi connectivity index (χ2n) is 4.26. The topological polar surface area (TPSA) is 82.8 Å². The summed E-state index contributed by atoms with van der Waals surface area (Å²) in [4.78, 5) is 10.9. The van der Waals surface area contributed by atoms with Crippen molar-refractivity contribution in [3.05, 3.63) is 29.8 Å². The number of amides is 1. The summed E-state index contributed by atoms with van der Waals surface area (Å²) < 4.78 is 15.9. The summed E-state index contributed by atoms with van der Waals surface area (Å²) in [6, 6.07) is 7.71. The molecule has 0 aliphatic rings. The SMILES string of the molecule is CNC(=O)COCCOC(N)COc1cccc(C)c1. The van der Waals surface area contributed by atoms with Crippen molar-refractivity contribution in [3.63, 3.8) is 0 Å². The maximum absolute atomic E-state index is 10.9. The molecule has 1 unspecified atom stereocenters. The first kappa shape index (κ1) is 16.4. The molecule has 0 aromatic heterocycles. The predicted octanol–water partition coefficient (Wildman–Crippen LogP) is 0.438. The van der Waals surface area contributed by atoms with E-state index in [0.29, 0.717) is 13.2 Å². The van der Waals surface area contributed by atoms with Crippen molar-refractivity contribution in [1.82, 2.24) is 5.32 Å². The van der Waals surface area contributed by atoms with E-state index in [9.17, 15) is 4.79 Å². The van der Waals surface area contributed by atoms with Gasteiger partial charge in [0.05, 0.1) is 13.2 Å². The van der Waals surface area contributed by atoms with Crippen LogP contribution in [0, 0.1) is 6.92 Å². The van der Waals surface area contributed by atoms with Gasteiger partial charge in [-0.2, -0.15) is 0 Å². The van der Waals surface area contributed by atoms with E-state index < -0.39 is 6.23 Å². The Hall–Kier alpha value is -1.63. The van der Waals surface area contributed by atoms with Crippen molar-refractivity contribution >= 4 is 5.91 Å². The second kappa shape index (κ2) is 9.30. The molecule has 3 N–H and O–H groups in total. The third-order valence-electron chi connectivity index (χ3n) is 2.48. The Labute approximate surface area is 119 Å². The fraction of sp³-hybridized carbons (Fsp3) is 0.500. The van der Waals surface area contributed by atoms with Gasteiger partial charge in [-0.1, -0.05) is 12.1 Å². The highest BCUT2D eigenvalue weighted by atomic mass is 16.6. The summed E-state index contributed by atoms with van der Waals surface area (Å²) in [5, 5.41) is 2.46. The maximum atomic E-state index is 10.9. The van der Waals surface area contributed by atoms with Crippen LogP contribution >= 0.6 is 0 Å². The van der Waals surface area contributed by atoms with Crippen LogP contribution in [0.2, 0.25) is 0 Å². The molecule has 0 aliphatic heterocycles. The van der Waals surface area contributed by atoms with E-state index in [4.69, 9.17) is 19.9 Å². The molecule has 0 radical (unpaired) electrons. The molecule has 112 valence electrons. The van der Waals surface area contributed by atoms with Crippen molar-refractivity contribution in [3.8, 4) is 5.75 Å². The Kier molecular flexibility index (Phi) is 7.64. The highest BCUT2D eigenvalue weighted by Crippen LogP contribution is 2.12. The van der Waals surface area contributed by atoms with E-state index >= 15 is 0 Å². The average Bonchev–Trinajstić information content (AvgIpc) is 2.44. The first-order valence-corrected chi connectivity index (χ1v) is 6.47. The van der Waals surface area contributed by atoms with E-state index in [1.807, 2.05) is 31.2 Å². The van der Waals surface area contributed by atoms with Gasteiger partial charge in [0.25, 0.3) is 0 Å². The first-order valence-electron chi connectivity index (χ1n) is 6.47. The predicted molar refractivity (Wildman–Crippen MR) is 75.5 cm³/mol. The van der Waals surface area contributed by atoms with Gasteiger partial charge < -0.3 is 25.3 Å². The van der Waals surface area contributed by atoms with Crippen LogP contribution in [0.15, 0.2) is 24.3 Å². The van der Waals surface area contributed by atoms with Crippen LogP contribution in [0.25, 0.3) is 0 Å². The minimum atomic E-state index is -0.529. The molecule has 0 aliphatic carbocycles. The Bertz CT molecular complexity index is 412. The number of rotatable bonds is 9. The zero-order chi connectivity index (χ0) is 14.8. The van der Waals surface area contributed by atoms with Gasteiger partial charge >= 0.3 is 0 Å². The normalized spacial score (nSPS) is 11.9. The molecule has 1 aromatic rings. The van der Waals surface area contributed by atoms with Gasteiger partial charge in [-0.15, -0.1) is 0 Å². The fourth-order valence-electron chi connectivity index (χ4n) is 1.43. The summed E-state index contributed by atoms with van der Waals surface area (Å²) in [6.45, 7) is 2.90. The van der Waals surface area contributed by atoms with Gasteiger partial charge in [0.1, 0.15) is 25.2 Å². The minimum absolute atomic E-state index is 0.0227. The summed E-state index contributed by atoms with van der Waals surface area (Å²) in [6.07, 6.45) is -0.529. The van der Waals surface area contributed by atoms with E-state index in [1.54, 1.807) is 7.05 Å². The van der Waals surface area contributed by atoms with Crippen LogP contribution in [0.1, 0.15) is 5.56 Å². The van der Waals surface area contributed by atoms with Crippen molar-refractivity contribution in [2.75, 3.05) is 33.5 Å². The van der Waals surface area contributed by atoms with Crippen LogP contribution in [0.3, 0.4) is 0 Å². The number of nitrogens with one attached hydrogen (secondary N) is 1. The molecular weight excluding hydrogens is 260 g/mol. The number of nitrogens with two attached hydrogens (primary N) is 1. The molecule has 0 saturated carbocycles. The molecule has 1 aromatic carbocycles. The summed E-state index contributed by atoms with van der Waals surface area (Å²) >= 11 is 0. The number of likely N-dealkylation sites (N-methyl/N-ethyl adjacent to an activating group) is 1. The van der Waals surface area contributed by atoms with Gasteiger partial charge in [0, 0.05) is 7.05 Å². The lowest BCUT2D eigenvalue weighted by molar-refractivity contribution is -0.126. The van der Waals surface area contributed by atoms with Crippen LogP contribution in [0.4, 0.5) is 0 Å². The molecule has 0 saturated heterocycles. The highest BCUT2D eigenvalue weighted by Gasteiger charge is 2.04. The number of benzene rings is 1.